The van der Waals surface area contributed by atoms with Crippen LogP contribution < -0.4 is 5.32 Å². The van der Waals surface area contributed by atoms with Gasteiger partial charge in [0.1, 0.15) is 10.3 Å². The maximum Gasteiger partial charge on any atom is 0.253 e. The highest BCUT2D eigenvalue weighted by Gasteiger charge is 2.40. The van der Waals surface area contributed by atoms with E-state index in [1.807, 2.05) is 60.0 Å². The predicted octanol–water partition coefficient (Wildman–Crippen LogP) is 4.63. The Hall–Kier alpha value is -2.85. The minimum Gasteiger partial charge on any atom is -0.301 e. The summed E-state index contributed by atoms with van der Waals surface area (Å²) >= 11 is 2.47. The fourth-order valence-electron chi connectivity index (χ4n) is 3.76. The smallest absolute Gasteiger partial charge is 0.253 e. The fourth-order valence-corrected chi connectivity index (χ4v) is 7.17. The highest BCUT2D eigenvalue weighted by molar-refractivity contribution is 7.91. The van der Waals surface area contributed by atoms with Gasteiger partial charge in [0.15, 0.2) is 5.13 Å². The molecule has 1 N–H and O–H groups in total. The molecule has 0 spiro atoms. The number of nitrogens with zero attached hydrogens (tertiary/aromatic N) is 2. The van der Waals surface area contributed by atoms with E-state index in [-0.39, 0.29) is 16.7 Å². The molecule has 3 heterocycles. The Balaban J connectivity index is 1.44. The first kappa shape index (κ1) is 21.0. The summed E-state index contributed by atoms with van der Waals surface area (Å²) in [6.07, 6.45) is 0.309. The number of anilines is 1. The zero-order valence-electron chi connectivity index (χ0n) is 16.8. The molecule has 0 saturated heterocycles. The van der Waals surface area contributed by atoms with Crippen LogP contribution in [0, 0.1) is 0 Å². The topological polar surface area (TPSA) is 79.4 Å². The third kappa shape index (κ3) is 4.00. The number of carbonyl (C=O) groups excluding carboxylic acids is 1. The number of hydrogen-bond acceptors (Lipinski definition) is 6. The SMILES string of the molecule is O=C(Nc1nc(-c2ccccc2)cs1)[C@H]1Cc2ccccc2CN1S(=O)(=O)c1cccs1. The third-order valence-corrected chi connectivity index (χ3v) is 9.36. The number of sulfonamides is 1. The molecule has 162 valence electrons. The largest absolute Gasteiger partial charge is 0.301 e. The van der Waals surface area contributed by atoms with Crippen molar-refractivity contribution in [3.05, 3.63) is 88.6 Å². The van der Waals surface area contributed by atoms with Crippen LogP contribution in [0.2, 0.25) is 0 Å². The van der Waals surface area contributed by atoms with Crippen LogP contribution in [0.4, 0.5) is 5.13 Å². The van der Waals surface area contributed by atoms with Crippen LogP contribution in [0.5, 0.6) is 0 Å². The molecule has 4 aromatic rings. The number of fused-ring (bicyclic) bond motifs is 1. The van der Waals surface area contributed by atoms with Crippen molar-refractivity contribution in [2.75, 3.05) is 5.32 Å². The van der Waals surface area contributed by atoms with E-state index in [2.05, 4.69) is 10.3 Å². The molecule has 2 aromatic carbocycles. The number of benzene rings is 2. The average Bonchev–Trinajstić information content (AvgIpc) is 3.52. The van der Waals surface area contributed by atoms with Gasteiger partial charge in [0, 0.05) is 17.5 Å². The van der Waals surface area contributed by atoms with E-state index in [4.69, 9.17) is 0 Å². The summed E-state index contributed by atoms with van der Waals surface area (Å²) in [7, 11) is -3.81. The Kier molecular flexibility index (Phi) is 5.64. The van der Waals surface area contributed by atoms with E-state index >= 15 is 0 Å². The summed E-state index contributed by atoms with van der Waals surface area (Å²) < 4.78 is 28.3. The van der Waals surface area contributed by atoms with Gasteiger partial charge in [-0.05, 0) is 29.0 Å². The van der Waals surface area contributed by atoms with Crippen LogP contribution in [0.3, 0.4) is 0 Å². The van der Waals surface area contributed by atoms with Crippen molar-refractivity contribution in [2.45, 2.75) is 23.2 Å². The Morgan fingerprint density at radius 1 is 0.969 bits per heavy atom. The van der Waals surface area contributed by atoms with Crippen molar-refractivity contribution in [1.29, 1.82) is 0 Å². The van der Waals surface area contributed by atoms with Crippen LogP contribution >= 0.6 is 22.7 Å². The standard InChI is InChI=1S/C23H19N3O3S3/c27-22(25-23-24-19(15-31-23)16-7-2-1-3-8-16)20-13-17-9-4-5-10-18(17)14-26(20)32(28,29)21-11-6-12-30-21/h1-12,15,20H,13-14H2,(H,24,25,27)/t20-/m1/s1. The van der Waals surface area contributed by atoms with Gasteiger partial charge in [-0.25, -0.2) is 13.4 Å². The van der Waals surface area contributed by atoms with Gasteiger partial charge in [-0.1, -0.05) is 60.7 Å². The van der Waals surface area contributed by atoms with E-state index in [0.717, 1.165) is 33.7 Å². The van der Waals surface area contributed by atoms with Gasteiger partial charge in [-0.3, -0.25) is 4.79 Å². The van der Waals surface area contributed by atoms with Crippen LogP contribution in [-0.2, 0) is 27.8 Å². The summed E-state index contributed by atoms with van der Waals surface area (Å²) in [4.78, 5) is 17.8. The number of carbonyl (C=O) groups is 1. The molecule has 9 heteroatoms. The fraction of sp³-hybridized carbons (Fsp3) is 0.130. The first-order valence-electron chi connectivity index (χ1n) is 9.96. The number of aromatic nitrogens is 1. The van der Waals surface area contributed by atoms with Gasteiger partial charge in [0.25, 0.3) is 10.0 Å². The maximum atomic E-state index is 13.4. The molecule has 0 unspecified atom stereocenters. The van der Waals surface area contributed by atoms with Crippen molar-refractivity contribution >= 4 is 43.7 Å². The number of amides is 1. The molecule has 5 rings (SSSR count). The van der Waals surface area contributed by atoms with Gasteiger partial charge in [-0.15, -0.1) is 22.7 Å². The van der Waals surface area contributed by atoms with Crippen molar-refractivity contribution in [3.8, 4) is 11.3 Å². The Morgan fingerprint density at radius 3 is 2.47 bits per heavy atom. The normalized spacial score (nSPS) is 16.4. The molecule has 6 nitrogen and oxygen atoms in total. The molecule has 1 amide bonds. The van der Waals surface area contributed by atoms with Crippen molar-refractivity contribution in [3.63, 3.8) is 0 Å². The summed E-state index contributed by atoms with van der Waals surface area (Å²) in [5.74, 6) is -0.381. The highest BCUT2D eigenvalue weighted by Crippen LogP contribution is 2.32. The molecule has 0 aliphatic carbocycles. The average molecular weight is 482 g/mol. The quantitative estimate of drug-likeness (QED) is 0.451. The van der Waals surface area contributed by atoms with Crippen LogP contribution in [-0.4, -0.2) is 29.7 Å². The first-order valence-corrected chi connectivity index (χ1v) is 13.2. The molecule has 0 bridgehead atoms. The molecular weight excluding hydrogens is 462 g/mol. The molecule has 2 aromatic heterocycles. The predicted molar refractivity (Wildman–Crippen MR) is 127 cm³/mol. The lowest BCUT2D eigenvalue weighted by atomic mass is 9.95. The van der Waals surface area contributed by atoms with Crippen molar-refractivity contribution in [2.24, 2.45) is 0 Å². The number of thiophene rings is 1. The highest BCUT2D eigenvalue weighted by atomic mass is 32.2. The second-order valence-corrected chi connectivity index (χ2v) is 11.3. The summed E-state index contributed by atoms with van der Waals surface area (Å²) in [6.45, 7) is 0.154. The monoisotopic (exact) mass is 481 g/mol. The van der Waals surface area contributed by atoms with Crippen molar-refractivity contribution < 1.29 is 13.2 Å². The molecule has 0 fully saturated rings. The van der Waals surface area contributed by atoms with Crippen LogP contribution in [0.15, 0.2) is 81.7 Å². The summed E-state index contributed by atoms with van der Waals surface area (Å²) in [5.41, 5.74) is 3.62. The number of thiazole rings is 1. The molecule has 0 radical (unpaired) electrons. The molecule has 1 atom stereocenters. The molecular formula is C23H19N3O3S3. The minimum absolute atomic E-state index is 0.154. The molecule has 1 aliphatic heterocycles. The Bertz CT molecular complexity index is 1350. The Labute approximate surface area is 194 Å². The van der Waals surface area contributed by atoms with E-state index in [1.54, 1.807) is 17.5 Å². The summed E-state index contributed by atoms with van der Waals surface area (Å²) in [5, 5.41) is 6.89. The number of nitrogens with one attached hydrogen (secondary N) is 1. The maximum absolute atomic E-state index is 13.4. The first-order chi connectivity index (χ1) is 15.5. The zero-order chi connectivity index (χ0) is 22.1. The molecule has 0 saturated carbocycles. The van der Waals surface area contributed by atoms with Gasteiger partial charge < -0.3 is 5.32 Å². The number of hydrogen-bond donors (Lipinski definition) is 1. The second-order valence-electron chi connectivity index (χ2n) is 7.36. The second kappa shape index (κ2) is 8.59. The number of rotatable bonds is 5. The lowest BCUT2D eigenvalue weighted by molar-refractivity contribution is -0.120. The van der Waals surface area contributed by atoms with E-state index in [1.165, 1.54) is 15.6 Å². The van der Waals surface area contributed by atoms with Crippen LogP contribution in [0.25, 0.3) is 11.3 Å². The molecule has 1 aliphatic rings. The van der Waals surface area contributed by atoms with Gasteiger partial charge in [0.05, 0.1) is 5.69 Å². The van der Waals surface area contributed by atoms with E-state index in [9.17, 15) is 13.2 Å². The van der Waals surface area contributed by atoms with E-state index < -0.39 is 16.1 Å². The minimum atomic E-state index is -3.81. The van der Waals surface area contributed by atoms with Gasteiger partial charge in [0.2, 0.25) is 5.91 Å². The lowest BCUT2D eigenvalue weighted by Crippen LogP contribution is -2.50. The van der Waals surface area contributed by atoms with Crippen LogP contribution in [0.1, 0.15) is 11.1 Å². The third-order valence-electron chi connectivity index (χ3n) is 5.37. The Morgan fingerprint density at radius 2 is 1.72 bits per heavy atom. The zero-order valence-corrected chi connectivity index (χ0v) is 19.3. The summed E-state index contributed by atoms with van der Waals surface area (Å²) in [6, 6.07) is 19.8. The van der Waals surface area contributed by atoms with Crippen molar-refractivity contribution in [1.82, 2.24) is 9.29 Å². The van der Waals surface area contributed by atoms with Gasteiger partial charge >= 0.3 is 0 Å². The van der Waals surface area contributed by atoms with E-state index in [0.29, 0.717) is 11.6 Å². The lowest BCUT2D eigenvalue weighted by Gasteiger charge is -2.34. The van der Waals surface area contributed by atoms with Gasteiger partial charge in [-0.2, -0.15) is 4.31 Å². The molecule has 32 heavy (non-hydrogen) atoms.